The summed E-state index contributed by atoms with van der Waals surface area (Å²) in [5, 5.41) is 8.33. The van der Waals surface area contributed by atoms with Gasteiger partial charge in [0.2, 0.25) is 0 Å². The third kappa shape index (κ3) is 3.60. The van der Waals surface area contributed by atoms with E-state index in [2.05, 4.69) is 63.5 Å². The van der Waals surface area contributed by atoms with E-state index in [1.165, 1.54) is 12.8 Å². The molecule has 5 rings (SSSR count). The molecule has 7 heteroatoms. The van der Waals surface area contributed by atoms with Crippen LogP contribution in [0.5, 0.6) is 0 Å². The van der Waals surface area contributed by atoms with Crippen LogP contribution in [0.4, 0.5) is 5.69 Å². The maximum absolute atomic E-state index is 6.28. The average molecular weight is 407 g/mol. The predicted octanol–water partition coefficient (Wildman–Crippen LogP) is 5.39. The van der Waals surface area contributed by atoms with Crippen LogP contribution in [-0.2, 0) is 0 Å². The summed E-state index contributed by atoms with van der Waals surface area (Å²) in [6, 6.07) is 10.2. The third-order valence-corrected chi connectivity index (χ3v) is 5.37. The monoisotopic (exact) mass is 406 g/mol. The van der Waals surface area contributed by atoms with E-state index in [4.69, 9.17) is 11.6 Å². The Morgan fingerprint density at radius 2 is 1.90 bits per heavy atom. The molecule has 0 unspecified atom stereocenters. The number of aromatic nitrogens is 5. The molecule has 3 heterocycles. The van der Waals surface area contributed by atoms with Crippen molar-refractivity contribution in [2.45, 2.75) is 32.6 Å². The third-order valence-electron chi connectivity index (χ3n) is 5.19. The first-order valence-corrected chi connectivity index (χ1v) is 10.4. The summed E-state index contributed by atoms with van der Waals surface area (Å²) in [5.74, 6) is 2.24. The second-order valence-electron chi connectivity index (χ2n) is 8.07. The molecular formula is C22H23ClN6. The summed E-state index contributed by atoms with van der Waals surface area (Å²) < 4.78 is 1.81. The molecule has 0 amide bonds. The van der Waals surface area contributed by atoms with Crippen molar-refractivity contribution in [3.05, 3.63) is 53.7 Å². The van der Waals surface area contributed by atoms with Gasteiger partial charge in [0.15, 0.2) is 10.8 Å². The summed E-state index contributed by atoms with van der Waals surface area (Å²) in [4.78, 5) is 12.5. The van der Waals surface area contributed by atoms with E-state index >= 15 is 0 Å². The van der Waals surface area contributed by atoms with Gasteiger partial charge < -0.3 is 10.3 Å². The predicted molar refractivity (Wildman–Crippen MR) is 116 cm³/mol. The molecule has 1 aliphatic carbocycles. The van der Waals surface area contributed by atoms with E-state index in [0.717, 1.165) is 46.2 Å². The highest BCUT2D eigenvalue weighted by atomic mass is 35.5. The minimum absolute atomic E-state index is 0.435. The molecule has 0 aliphatic heterocycles. The lowest BCUT2D eigenvalue weighted by atomic mass is 10.1. The van der Waals surface area contributed by atoms with Crippen molar-refractivity contribution < 1.29 is 0 Å². The number of hydrogen-bond donors (Lipinski definition) is 2. The topological polar surface area (TPSA) is 70.9 Å². The lowest BCUT2D eigenvalue weighted by Gasteiger charge is -2.11. The Hall–Kier alpha value is -2.86. The zero-order valence-electron chi connectivity index (χ0n) is 16.5. The number of hydrogen-bond acceptors (Lipinski definition) is 4. The van der Waals surface area contributed by atoms with Crippen LogP contribution in [0, 0.1) is 5.92 Å². The minimum Gasteiger partial charge on any atom is -0.382 e. The lowest BCUT2D eigenvalue weighted by Crippen LogP contribution is -2.10. The first-order valence-electron chi connectivity index (χ1n) is 10.0. The zero-order chi connectivity index (χ0) is 20.0. The van der Waals surface area contributed by atoms with Crippen molar-refractivity contribution in [2.24, 2.45) is 5.92 Å². The number of halogens is 1. The van der Waals surface area contributed by atoms with Crippen LogP contribution in [-0.4, -0.2) is 31.1 Å². The second kappa shape index (κ2) is 7.19. The van der Waals surface area contributed by atoms with Gasteiger partial charge in [0.1, 0.15) is 5.82 Å². The number of anilines is 1. The quantitative estimate of drug-likeness (QED) is 0.450. The minimum atomic E-state index is 0.435. The number of rotatable bonds is 6. The first-order chi connectivity index (χ1) is 14.1. The van der Waals surface area contributed by atoms with Crippen molar-refractivity contribution in [1.82, 2.24) is 24.6 Å². The molecule has 29 heavy (non-hydrogen) atoms. The fourth-order valence-corrected chi connectivity index (χ4v) is 3.63. The van der Waals surface area contributed by atoms with E-state index < -0.39 is 0 Å². The van der Waals surface area contributed by atoms with Crippen molar-refractivity contribution in [2.75, 3.05) is 11.9 Å². The summed E-state index contributed by atoms with van der Waals surface area (Å²) in [5.41, 5.74) is 5.78. The Kier molecular flexibility index (Phi) is 4.51. The van der Waals surface area contributed by atoms with Crippen LogP contribution >= 0.6 is 11.6 Å². The maximum atomic E-state index is 6.28. The van der Waals surface area contributed by atoms with Gasteiger partial charge >= 0.3 is 0 Å². The molecule has 0 saturated heterocycles. The van der Waals surface area contributed by atoms with E-state index in [1.807, 2.05) is 18.5 Å². The molecule has 0 spiro atoms. The number of fused-ring (bicyclic) bond motifs is 1. The smallest absolute Gasteiger partial charge is 0.177 e. The van der Waals surface area contributed by atoms with Crippen molar-refractivity contribution in [1.29, 1.82) is 0 Å². The van der Waals surface area contributed by atoms with Crippen LogP contribution in [0.2, 0.25) is 5.15 Å². The van der Waals surface area contributed by atoms with Gasteiger partial charge in [-0.05, 0) is 24.3 Å². The molecule has 1 saturated carbocycles. The molecule has 2 N–H and O–H groups in total. The zero-order valence-corrected chi connectivity index (χ0v) is 17.2. The van der Waals surface area contributed by atoms with E-state index in [9.17, 15) is 0 Å². The van der Waals surface area contributed by atoms with Gasteiger partial charge in [0.25, 0.3) is 0 Å². The van der Waals surface area contributed by atoms with Crippen LogP contribution in [0.15, 0.2) is 42.7 Å². The van der Waals surface area contributed by atoms with Crippen molar-refractivity contribution in [3.8, 4) is 22.5 Å². The van der Waals surface area contributed by atoms with Gasteiger partial charge in [-0.2, -0.15) is 5.10 Å². The molecule has 1 aliphatic rings. The van der Waals surface area contributed by atoms with Crippen molar-refractivity contribution >= 4 is 22.9 Å². The molecule has 0 radical (unpaired) electrons. The molecule has 4 aromatic rings. The van der Waals surface area contributed by atoms with E-state index in [-0.39, 0.29) is 0 Å². The molecule has 0 atom stereocenters. The van der Waals surface area contributed by atoms with Gasteiger partial charge in [0.05, 0.1) is 29.5 Å². The average Bonchev–Trinajstić information content (AvgIpc) is 3.29. The Morgan fingerprint density at radius 3 is 2.62 bits per heavy atom. The number of imidazole rings is 2. The molecule has 148 valence electrons. The largest absolute Gasteiger partial charge is 0.382 e. The Bertz CT molecular complexity index is 1150. The molecule has 6 nitrogen and oxygen atoms in total. The number of aromatic amines is 1. The second-order valence-corrected chi connectivity index (χ2v) is 8.46. The molecule has 3 aromatic heterocycles. The summed E-state index contributed by atoms with van der Waals surface area (Å²) in [6.45, 7) is 5.18. The maximum Gasteiger partial charge on any atom is 0.177 e. The Morgan fingerprint density at radius 1 is 1.14 bits per heavy atom. The van der Waals surface area contributed by atoms with Crippen molar-refractivity contribution in [3.63, 3.8) is 0 Å². The van der Waals surface area contributed by atoms with Crippen LogP contribution < -0.4 is 5.32 Å². The number of nitrogens with zero attached hydrogens (tertiary/aromatic N) is 4. The Balaban J connectivity index is 1.47. The SMILES string of the molecule is CC(C)CNc1cc(Cl)nn2c(-c3ccc(-c4cnc(C5CC5)[nH]4)cc3)cnc12. The number of nitrogens with one attached hydrogen (secondary N) is 2. The van der Waals surface area contributed by atoms with Crippen LogP contribution in [0.1, 0.15) is 38.4 Å². The van der Waals surface area contributed by atoms with Crippen LogP contribution in [0.25, 0.3) is 28.2 Å². The van der Waals surface area contributed by atoms with Gasteiger partial charge in [-0.15, -0.1) is 0 Å². The highest BCUT2D eigenvalue weighted by molar-refractivity contribution is 6.29. The van der Waals surface area contributed by atoms with Gasteiger partial charge in [-0.1, -0.05) is 49.7 Å². The summed E-state index contributed by atoms with van der Waals surface area (Å²) in [6.07, 6.45) is 6.24. The highest BCUT2D eigenvalue weighted by Gasteiger charge is 2.26. The molecule has 0 bridgehead atoms. The number of benzene rings is 1. The standard InChI is InChI=1S/C22H23ClN6/c1-13(2)10-24-17-9-20(23)28-29-19(12-26-22(17)29)15-5-3-14(4-6-15)18-11-25-21(27-18)16-7-8-16/h3-6,9,11-13,16,24H,7-8,10H2,1-2H3,(H,25,27). The van der Waals surface area contributed by atoms with Gasteiger partial charge in [-0.3, -0.25) is 0 Å². The molecule has 1 aromatic carbocycles. The number of H-pyrrole nitrogens is 1. The highest BCUT2D eigenvalue weighted by Crippen LogP contribution is 2.39. The van der Waals surface area contributed by atoms with E-state index in [0.29, 0.717) is 17.0 Å². The van der Waals surface area contributed by atoms with E-state index in [1.54, 1.807) is 4.52 Å². The Labute approximate surface area is 174 Å². The molecular weight excluding hydrogens is 384 g/mol. The molecule has 1 fully saturated rings. The lowest BCUT2D eigenvalue weighted by molar-refractivity contribution is 0.688. The first kappa shape index (κ1) is 18.2. The summed E-state index contributed by atoms with van der Waals surface area (Å²) in [7, 11) is 0. The van der Waals surface area contributed by atoms with Crippen LogP contribution in [0.3, 0.4) is 0 Å². The van der Waals surface area contributed by atoms with Gasteiger partial charge in [0, 0.05) is 24.1 Å². The fourth-order valence-electron chi connectivity index (χ4n) is 3.45. The summed E-state index contributed by atoms with van der Waals surface area (Å²) >= 11 is 6.28. The normalized spacial score (nSPS) is 14.1. The fraction of sp³-hybridized carbons (Fsp3) is 0.318. The van der Waals surface area contributed by atoms with Gasteiger partial charge in [-0.25, -0.2) is 14.5 Å².